The molecule has 0 radical (unpaired) electrons. The number of hydrogen-bond acceptors (Lipinski definition) is 4. The van der Waals surface area contributed by atoms with Crippen molar-refractivity contribution in [1.82, 2.24) is 4.90 Å². The van der Waals surface area contributed by atoms with Gasteiger partial charge in [-0.2, -0.15) is 0 Å². The van der Waals surface area contributed by atoms with Gasteiger partial charge in [-0.25, -0.2) is 0 Å². The monoisotopic (exact) mass is 243 g/mol. The second-order valence-electron chi connectivity index (χ2n) is 3.27. The molecule has 0 aromatic carbocycles. The molecule has 0 aliphatic carbocycles. The van der Waals surface area contributed by atoms with Gasteiger partial charge < -0.3 is 14.4 Å². The van der Waals surface area contributed by atoms with Gasteiger partial charge in [0.2, 0.25) is 5.91 Å². The largest absolute Gasteiger partial charge is 0.481 e. The third kappa shape index (κ3) is 4.39. The van der Waals surface area contributed by atoms with Gasteiger partial charge in [-0.15, -0.1) is 11.8 Å². The predicted octanol–water partition coefficient (Wildman–Crippen LogP) is 1.06. The molecule has 1 amide bonds. The second kappa shape index (κ2) is 6.22. The van der Waals surface area contributed by atoms with E-state index in [0.29, 0.717) is 6.54 Å². The van der Waals surface area contributed by atoms with Gasteiger partial charge in [-0.3, -0.25) is 9.59 Å². The number of carboxylic acids is 1. The van der Waals surface area contributed by atoms with Crippen LogP contribution in [0.1, 0.15) is 5.56 Å². The summed E-state index contributed by atoms with van der Waals surface area (Å²) in [7, 11) is 1.68. The van der Waals surface area contributed by atoms with Crippen LogP contribution in [-0.2, 0) is 16.1 Å². The fraction of sp³-hybridized carbons (Fsp3) is 0.400. The molecule has 1 heterocycles. The van der Waals surface area contributed by atoms with Gasteiger partial charge in [0.25, 0.3) is 0 Å². The van der Waals surface area contributed by atoms with Crippen molar-refractivity contribution in [2.45, 2.75) is 6.54 Å². The minimum Gasteiger partial charge on any atom is -0.481 e. The van der Waals surface area contributed by atoms with Crippen LogP contribution in [0.3, 0.4) is 0 Å². The number of amides is 1. The normalized spacial score (nSPS) is 10.1. The number of carboxylic acid groups (broad SMARTS) is 1. The highest BCUT2D eigenvalue weighted by Crippen LogP contribution is 2.06. The zero-order valence-electron chi connectivity index (χ0n) is 8.88. The third-order valence-electron chi connectivity index (χ3n) is 1.88. The van der Waals surface area contributed by atoms with Crippen LogP contribution in [0.25, 0.3) is 0 Å². The summed E-state index contributed by atoms with van der Waals surface area (Å²) in [5, 5.41) is 8.41. The van der Waals surface area contributed by atoms with Crippen LogP contribution in [0.5, 0.6) is 0 Å². The molecule has 0 atom stereocenters. The quantitative estimate of drug-likeness (QED) is 0.808. The summed E-state index contributed by atoms with van der Waals surface area (Å²) in [6.07, 6.45) is 3.13. The van der Waals surface area contributed by atoms with E-state index >= 15 is 0 Å². The Hall–Kier alpha value is -1.43. The molecular weight excluding hydrogens is 230 g/mol. The summed E-state index contributed by atoms with van der Waals surface area (Å²) in [6, 6.07) is 1.79. The summed E-state index contributed by atoms with van der Waals surface area (Å²) in [5.74, 6) is -0.867. The van der Waals surface area contributed by atoms with Crippen molar-refractivity contribution in [1.29, 1.82) is 0 Å². The van der Waals surface area contributed by atoms with E-state index in [9.17, 15) is 9.59 Å². The highest BCUT2D eigenvalue weighted by atomic mass is 32.2. The van der Waals surface area contributed by atoms with E-state index in [1.165, 1.54) is 0 Å². The number of carbonyl (C=O) groups excluding carboxylic acids is 1. The number of nitrogens with zero attached hydrogens (tertiary/aromatic N) is 1. The molecule has 0 unspecified atom stereocenters. The summed E-state index contributed by atoms with van der Waals surface area (Å²) in [6.45, 7) is 0.475. The lowest BCUT2D eigenvalue weighted by molar-refractivity contribution is -0.133. The maximum absolute atomic E-state index is 11.5. The Balaban J connectivity index is 2.28. The standard InChI is InChI=1S/C10H13NO4S/c1-11(4-8-2-3-15-5-8)9(12)6-16-7-10(13)14/h2-3,5H,4,6-7H2,1H3,(H,13,14). The first kappa shape index (κ1) is 12.6. The van der Waals surface area contributed by atoms with Crippen LogP contribution in [0.4, 0.5) is 0 Å². The Morgan fingerprint density at radius 2 is 2.25 bits per heavy atom. The fourth-order valence-corrected chi connectivity index (χ4v) is 1.75. The molecule has 0 aliphatic heterocycles. The van der Waals surface area contributed by atoms with Crippen LogP contribution < -0.4 is 0 Å². The van der Waals surface area contributed by atoms with E-state index in [1.807, 2.05) is 0 Å². The highest BCUT2D eigenvalue weighted by molar-refractivity contribution is 8.00. The lowest BCUT2D eigenvalue weighted by atomic mass is 10.3. The minimum atomic E-state index is -0.907. The molecule has 6 heteroatoms. The molecule has 0 aliphatic rings. The number of hydrogen-bond donors (Lipinski definition) is 1. The molecule has 5 nitrogen and oxygen atoms in total. The molecule has 16 heavy (non-hydrogen) atoms. The van der Waals surface area contributed by atoms with Gasteiger partial charge in [0.05, 0.1) is 24.0 Å². The molecule has 0 saturated heterocycles. The molecule has 0 bridgehead atoms. The zero-order chi connectivity index (χ0) is 12.0. The average molecular weight is 243 g/mol. The van der Waals surface area contributed by atoms with Crippen molar-refractivity contribution >= 4 is 23.6 Å². The van der Waals surface area contributed by atoms with Gasteiger partial charge in [-0.05, 0) is 6.07 Å². The molecule has 1 rings (SSSR count). The Bertz CT molecular complexity index is 350. The molecule has 1 aromatic rings. The van der Waals surface area contributed by atoms with Gasteiger partial charge in [-0.1, -0.05) is 0 Å². The maximum Gasteiger partial charge on any atom is 0.313 e. The van der Waals surface area contributed by atoms with Crippen molar-refractivity contribution in [3.8, 4) is 0 Å². The third-order valence-corrected chi connectivity index (χ3v) is 2.78. The van der Waals surface area contributed by atoms with E-state index in [1.54, 1.807) is 30.5 Å². The van der Waals surface area contributed by atoms with E-state index in [0.717, 1.165) is 17.3 Å². The van der Waals surface area contributed by atoms with Crippen LogP contribution in [-0.4, -0.2) is 40.4 Å². The number of rotatable bonds is 6. The molecule has 0 spiro atoms. The van der Waals surface area contributed by atoms with Gasteiger partial charge in [0.1, 0.15) is 0 Å². The van der Waals surface area contributed by atoms with E-state index in [-0.39, 0.29) is 17.4 Å². The summed E-state index contributed by atoms with van der Waals surface area (Å²) in [5.41, 5.74) is 0.916. The lowest BCUT2D eigenvalue weighted by Crippen LogP contribution is -2.28. The average Bonchev–Trinajstić information content (AvgIpc) is 2.69. The smallest absolute Gasteiger partial charge is 0.313 e. The van der Waals surface area contributed by atoms with Crippen molar-refractivity contribution in [2.75, 3.05) is 18.6 Å². The summed E-state index contributed by atoms with van der Waals surface area (Å²) < 4.78 is 4.89. The van der Waals surface area contributed by atoms with Crippen LogP contribution in [0.2, 0.25) is 0 Å². The van der Waals surface area contributed by atoms with Crippen LogP contribution in [0.15, 0.2) is 23.0 Å². The van der Waals surface area contributed by atoms with Crippen LogP contribution in [0, 0.1) is 0 Å². The Morgan fingerprint density at radius 3 is 2.81 bits per heavy atom. The van der Waals surface area contributed by atoms with Crippen molar-refractivity contribution in [3.63, 3.8) is 0 Å². The number of furan rings is 1. The number of thioether (sulfide) groups is 1. The van der Waals surface area contributed by atoms with E-state index < -0.39 is 5.97 Å². The summed E-state index contributed by atoms with van der Waals surface area (Å²) >= 11 is 1.10. The first-order valence-corrected chi connectivity index (χ1v) is 5.79. The Labute approximate surface area is 97.4 Å². The molecular formula is C10H13NO4S. The Morgan fingerprint density at radius 1 is 1.50 bits per heavy atom. The van der Waals surface area contributed by atoms with E-state index in [4.69, 9.17) is 9.52 Å². The topological polar surface area (TPSA) is 70.8 Å². The van der Waals surface area contributed by atoms with Crippen molar-refractivity contribution in [3.05, 3.63) is 24.2 Å². The predicted molar refractivity (Wildman–Crippen MR) is 60.1 cm³/mol. The molecule has 1 N–H and O–H groups in total. The SMILES string of the molecule is CN(Cc1ccoc1)C(=O)CSCC(=O)O. The maximum atomic E-state index is 11.5. The molecule has 1 aromatic heterocycles. The van der Waals surface area contributed by atoms with Gasteiger partial charge in [0, 0.05) is 19.2 Å². The van der Waals surface area contributed by atoms with Crippen molar-refractivity contribution < 1.29 is 19.1 Å². The first-order chi connectivity index (χ1) is 7.59. The van der Waals surface area contributed by atoms with E-state index in [2.05, 4.69) is 0 Å². The van der Waals surface area contributed by atoms with Crippen molar-refractivity contribution in [2.24, 2.45) is 0 Å². The fourth-order valence-electron chi connectivity index (χ4n) is 1.08. The summed E-state index contributed by atoms with van der Waals surface area (Å²) in [4.78, 5) is 23.3. The lowest BCUT2D eigenvalue weighted by Gasteiger charge is -2.15. The van der Waals surface area contributed by atoms with Crippen LogP contribution >= 0.6 is 11.8 Å². The molecule has 88 valence electrons. The molecule has 0 saturated carbocycles. The zero-order valence-corrected chi connectivity index (χ0v) is 9.70. The van der Waals surface area contributed by atoms with Gasteiger partial charge >= 0.3 is 5.97 Å². The van der Waals surface area contributed by atoms with Gasteiger partial charge in [0.15, 0.2) is 0 Å². The Kier molecular flexibility index (Phi) is 4.91. The highest BCUT2D eigenvalue weighted by Gasteiger charge is 2.10. The number of aliphatic carboxylic acids is 1. The second-order valence-corrected chi connectivity index (χ2v) is 4.25. The number of carbonyl (C=O) groups is 2. The minimum absolute atomic E-state index is 0.0503. The first-order valence-electron chi connectivity index (χ1n) is 4.64. The molecule has 0 fully saturated rings.